The molecule has 0 atom stereocenters. The minimum absolute atomic E-state index is 0. The van der Waals surface area contributed by atoms with Crippen LogP contribution in [0.25, 0.3) is 10.9 Å². The van der Waals surface area contributed by atoms with Crippen molar-refractivity contribution in [2.24, 2.45) is 10.2 Å². The number of fused-ring (bicyclic) bond motifs is 1. The van der Waals surface area contributed by atoms with Crippen LogP contribution in [0.2, 0.25) is 0 Å². The minimum Gasteiger partial charge on any atom is -1.00 e. The number of benzene rings is 3. The van der Waals surface area contributed by atoms with Gasteiger partial charge in [0.25, 0.3) is 0 Å². The summed E-state index contributed by atoms with van der Waals surface area (Å²) in [7, 11) is 8.12. The number of rotatable bonds is 8. The maximum absolute atomic E-state index is 9.39. The fourth-order valence-electron chi connectivity index (χ4n) is 3.99. The number of pyridine rings is 1. The molecule has 4 aromatic rings. The lowest BCUT2D eigenvalue weighted by Crippen LogP contribution is -3.00. The van der Waals surface area contributed by atoms with Crippen molar-refractivity contribution in [2.75, 3.05) is 44.6 Å². The van der Waals surface area contributed by atoms with Crippen LogP contribution in [0.5, 0.6) is 0 Å². The molecule has 6 nitrogen and oxygen atoms in total. The van der Waals surface area contributed by atoms with E-state index in [0.717, 1.165) is 44.7 Å². The van der Waals surface area contributed by atoms with Gasteiger partial charge in [-0.3, -0.25) is 0 Å². The molecule has 0 aliphatic heterocycles. The van der Waals surface area contributed by atoms with Crippen LogP contribution < -0.4 is 31.3 Å². The molecular weight excluding hydrogens is 514 g/mol. The van der Waals surface area contributed by atoms with E-state index in [1.165, 1.54) is 0 Å². The van der Waals surface area contributed by atoms with Crippen molar-refractivity contribution < 1.29 is 26.7 Å². The number of para-hydroxylation sites is 1. The molecule has 186 valence electrons. The van der Waals surface area contributed by atoms with Gasteiger partial charge >= 0.3 is 0 Å². The molecule has 0 spiro atoms. The van der Waals surface area contributed by atoms with Gasteiger partial charge in [-0.15, -0.1) is 5.10 Å². The van der Waals surface area contributed by atoms with Crippen molar-refractivity contribution in [1.82, 2.24) is 0 Å². The summed E-state index contributed by atoms with van der Waals surface area (Å²) in [6, 6.07) is 26.8. The summed E-state index contributed by atoms with van der Waals surface area (Å²) in [6.45, 7) is 0.640. The summed E-state index contributed by atoms with van der Waals surface area (Å²) in [4.78, 5) is 4.16. The first kappa shape index (κ1) is 27.0. The zero-order chi connectivity index (χ0) is 24.8. The van der Waals surface area contributed by atoms with Gasteiger partial charge in [-0.2, -0.15) is 9.67 Å². The number of anilines is 2. The van der Waals surface area contributed by atoms with Gasteiger partial charge in [0.2, 0.25) is 5.52 Å². The van der Waals surface area contributed by atoms with Crippen LogP contribution >= 0.6 is 0 Å². The van der Waals surface area contributed by atoms with Gasteiger partial charge in [-0.05, 0) is 30.3 Å². The van der Waals surface area contributed by atoms with E-state index < -0.39 is 0 Å². The second-order valence-corrected chi connectivity index (χ2v) is 8.78. The Morgan fingerprint density at radius 1 is 0.806 bits per heavy atom. The number of hydrogen-bond acceptors (Lipinski definition) is 5. The van der Waals surface area contributed by atoms with Crippen LogP contribution in [0.3, 0.4) is 0 Å². The van der Waals surface area contributed by atoms with E-state index in [-0.39, 0.29) is 23.6 Å². The van der Waals surface area contributed by atoms with Crippen LogP contribution in [0.4, 0.5) is 11.4 Å². The maximum atomic E-state index is 9.39. The van der Waals surface area contributed by atoms with Gasteiger partial charge in [0.05, 0.1) is 11.6 Å². The summed E-state index contributed by atoms with van der Waals surface area (Å²) in [5.41, 5.74) is 7.11. The number of nitrogens with zero attached hydrogens (tertiary/aromatic N) is 5. The monoisotopic (exact) mass is 545 g/mol. The Hall–Kier alpha value is -3.55. The van der Waals surface area contributed by atoms with E-state index in [1.54, 1.807) is 6.21 Å². The first-order chi connectivity index (χ1) is 17.0. The molecule has 0 aliphatic rings. The van der Waals surface area contributed by atoms with Gasteiger partial charge < -0.3 is 31.9 Å². The molecular formula is C29H32BrN5O. The summed E-state index contributed by atoms with van der Waals surface area (Å²) in [6.07, 6.45) is 3.78. The summed E-state index contributed by atoms with van der Waals surface area (Å²) in [5.74, 6) is 0. The molecule has 0 saturated carbocycles. The molecule has 0 bridgehead atoms. The second-order valence-electron chi connectivity index (χ2n) is 8.78. The second kappa shape index (κ2) is 12.4. The third-order valence-electron chi connectivity index (χ3n) is 5.97. The fourth-order valence-corrected chi connectivity index (χ4v) is 3.99. The van der Waals surface area contributed by atoms with Crippen LogP contribution in [-0.2, 0) is 6.54 Å². The Morgan fingerprint density at radius 3 is 1.89 bits per heavy atom. The van der Waals surface area contributed by atoms with Gasteiger partial charge in [-0.25, -0.2) is 0 Å². The minimum atomic E-state index is 0. The van der Waals surface area contributed by atoms with Crippen molar-refractivity contribution in [2.45, 2.75) is 6.54 Å². The lowest BCUT2D eigenvalue weighted by Gasteiger charge is -2.15. The molecule has 0 aliphatic carbocycles. The molecule has 0 amide bonds. The number of aromatic nitrogens is 1. The predicted molar refractivity (Wildman–Crippen MR) is 146 cm³/mol. The largest absolute Gasteiger partial charge is 1.00 e. The van der Waals surface area contributed by atoms with Gasteiger partial charge in [-0.1, -0.05) is 36.4 Å². The Bertz CT molecular complexity index is 1290. The third-order valence-corrected chi connectivity index (χ3v) is 5.97. The summed E-state index contributed by atoms with van der Waals surface area (Å²) in [5, 5.41) is 19.7. The zero-order valence-corrected chi connectivity index (χ0v) is 22.7. The van der Waals surface area contributed by atoms with Crippen molar-refractivity contribution >= 4 is 34.2 Å². The summed E-state index contributed by atoms with van der Waals surface area (Å²) < 4.78 is 2.04. The summed E-state index contributed by atoms with van der Waals surface area (Å²) >= 11 is 0. The first-order valence-electron chi connectivity index (χ1n) is 11.7. The fraction of sp³-hybridized carbons (Fsp3) is 0.207. The lowest BCUT2D eigenvalue weighted by molar-refractivity contribution is -0.672. The third kappa shape index (κ3) is 6.17. The molecule has 0 radical (unpaired) electrons. The molecule has 1 aromatic heterocycles. The quantitative estimate of drug-likeness (QED) is 0.205. The van der Waals surface area contributed by atoms with E-state index in [0.29, 0.717) is 6.54 Å². The van der Waals surface area contributed by atoms with Gasteiger partial charge in [0.1, 0.15) is 12.3 Å². The average molecular weight is 547 g/mol. The number of aliphatic hydroxyl groups is 1. The van der Waals surface area contributed by atoms with E-state index >= 15 is 0 Å². The van der Waals surface area contributed by atoms with Crippen molar-refractivity contribution in [1.29, 1.82) is 0 Å². The smallest absolute Gasteiger partial charge is 0.213 e. The molecule has 0 unspecified atom stereocenters. The highest BCUT2D eigenvalue weighted by molar-refractivity contribution is 6.13. The van der Waals surface area contributed by atoms with Crippen LogP contribution in [0.15, 0.2) is 95.3 Å². The normalized spacial score (nSPS) is 10.8. The Morgan fingerprint density at radius 2 is 1.36 bits per heavy atom. The number of aliphatic hydroxyl groups excluding tert-OH is 1. The molecule has 36 heavy (non-hydrogen) atoms. The van der Waals surface area contributed by atoms with Gasteiger partial charge in [0, 0.05) is 68.4 Å². The van der Waals surface area contributed by atoms with E-state index in [2.05, 4.69) is 80.7 Å². The van der Waals surface area contributed by atoms with Crippen molar-refractivity contribution in [3.05, 3.63) is 102 Å². The van der Waals surface area contributed by atoms with E-state index in [1.807, 2.05) is 57.2 Å². The Balaban J connectivity index is 0.00000361. The van der Waals surface area contributed by atoms with Crippen LogP contribution in [-0.4, -0.2) is 51.8 Å². The lowest BCUT2D eigenvalue weighted by atomic mass is 10.0. The first-order valence-corrected chi connectivity index (χ1v) is 11.7. The highest BCUT2D eigenvalue weighted by atomic mass is 79.9. The molecule has 1 N–H and O–H groups in total. The Labute approximate surface area is 223 Å². The SMILES string of the molecule is CN(C)c1ccc(C(=NN=Cc2cc[n+](CCO)c3ccccc23)c2ccc(N(C)C)cc2)cc1.[Br-]. The standard InChI is InChI=1S/C29H32N5O.BrH/c1-32(2)25-13-9-22(10-14-25)29(23-11-15-26(16-12-23)33(3)4)31-30-21-24-17-18-34(19-20-35)28-8-6-5-7-27(24)28;/h5-18,21,35H,19-20H2,1-4H3;1H/q+1;/p-1. The molecule has 7 heteroatoms. The van der Waals surface area contributed by atoms with E-state index in [9.17, 15) is 5.11 Å². The van der Waals surface area contributed by atoms with Gasteiger partial charge in [0.15, 0.2) is 12.7 Å². The highest BCUT2D eigenvalue weighted by Crippen LogP contribution is 2.20. The average Bonchev–Trinajstić information content (AvgIpc) is 2.88. The van der Waals surface area contributed by atoms with Crippen LogP contribution in [0, 0.1) is 0 Å². The highest BCUT2D eigenvalue weighted by Gasteiger charge is 2.11. The molecule has 4 rings (SSSR count). The zero-order valence-electron chi connectivity index (χ0n) is 21.1. The molecule has 3 aromatic carbocycles. The van der Waals surface area contributed by atoms with Crippen molar-refractivity contribution in [3.8, 4) is 0 Å². The van der Waals surface area contributed by atoms with E-state index in [4.69, 9.17) is 0 Å². The number of halogens is 1. The molecule has 1 heterocycles. The topological polar surface area (TPSA) is 55.3 Å². The van der Waals surface area contributed by atoms with Crippen LogP contribution in [0.1, 0.15) is 16.7 Å². The molecule has 0 fully saturated rings. The maximum Gasteiger partial charge on any atom is 0.213 e. The Kier molecular flexibility index (Phi) is 9.33. The van der Waals surface area contributed by atoms with Crippen molar-refractivity contribution in [3.63, 3.8) is 0 Å². The number of hydrogen-bond donors (Lipinski definition) is 1. The molecule has 0 saturated heterocycles. The predicted octanol–water partition coefficient (Wildman–Crippen LogP) is 1.13.